The molecule has 0 saturated carbocycles. The molecule has 1 amide bonds. The van der Waals surface area contributed by atoms with Crippen LogP contribution in [0, 0.1) is 0 Å². The summed E-state index contributed by atoms with van der Waals surface area (Å²) in [6.07, 6.45) is 6.06. The highest BCUT2D eigenvalue weighted by atomic mass is 32.1. The van der Waals surface area contributed by atoms with Crippen molar-refractivity contribution in [3.05, 3.63) is 51.4 Å². The first kappa shape index (κ1) is 16.0. The molecule has 0 radical (unpaired) electrons. The number of carbonyl (C=O) groups is 1. The third-order valence-corrected chi connectivity index (χ3v) is 5.58. The molecule has 25 heavy (non-hydrogen) atoms. The normalized spacial score (nSPS) is 13.6. The summed E-state index contributed by atoms with van der Waals surface area (Å²) in [5.74, 6) is 4.68. The van der Waals surface area contributed by atoms with E-state index in [-0.39, 0.29) is 12.1 Å². The summed E-state index contributed by atoms with van der Waals surface area (Å²) in [7, 11) is 0. The second-order valence-corrected chi connectivity index (χ2v) is 7.12. The Morgan fingerprint density at radius 2 is 2.08 bits per heavy atom. The van der Waals surface area contributed by atoms with Crippen molar-refractivity contribution >= 4 is 27.5 Å². The van der Waals surface area contributed by atoms with Crippen LogP contribution in [0.25, 0.3) is 21.3 Å². The van der Waals surface area contributed by atoms with E-state index in [1.165, 1.54) is 46.2 Å². The number of benzene rings is 1. The lowest BCUT2D eigenvalue weighted by Crippen LogP contribution is -2.36. The fourth-order valence-electron chi connectivity index (χ4n) is 3.39. The molecule has 1 aliphatic rings. The first-order valence-electron chi connectivity index (χ1n) is 8.25. The molecule has 6 nitrogen and oxygen atoms in total. The Morgan fingerprint density at radius 3 is 2.88 bits per heavy atom. The smallest absolute Gasteiger partial charge is 0.263 e. The number of nitrogens with two attached hydrogens (primary N) is 1. The van der Waals surface area contributed by atoms with Crippen LogP contribution in [0.15, 0.2) is 34.7 Å². The van der Waals surface area contributed by atoms with Crippen LogP contribution in [0.3, 0.4) is 0 Å². The maximum Gasteiger partial charge on any atom is 0.263 e. The van der Waals surface area contributed by atoms with Gasteiger partial charge in [0.05, 0.1) is 11.7 Å². The Labute approximate surface area is 148 Å². The monoisotopic (exact) mass is 354 g/mol. The van der Waals surface area contributed by atoms with Gasteiger partial charge in [0.1, 0.15) is 11.4 Å². The molecule has 0 bridgehead atoms. The Bertz CT molecular complexity index is 1020. The van der Waals surface area contributed by atoms with Crippen LogP contribution >= 0.6 is 11.3 Å². The van der Waals surface area contributed by atoms with Crippen LogP contribution in [-0.2, 0) is 24.2 Å². The average Bonchev–Trinajstić information content (AvgIpc) is 3.08. The molecule has 1 aliphatic carbocycles. The van der Waals surface area contributed by atoms with Crippen molar-refractivity contribution in [3.63, 3.8) is 0 Å². The van der Waals surface area contributed by atoms with Gasteiger partial charge in [-0.3, -0.25) is 19.6 Å². The molecule has 7 heteroatoms. The van der Waals surface area contributed by atoms with E-state index in [0.29, 0.717) is 10.2 Å². The third-order valence-electron chi connectivity index (χ3n) is 4.70. The van der Waals surface area contributed by atoms with Crippen molar-refractivity contribution in [3.8, 4) is 11.1 Å². The summed E-state index contributed by atoms with van der Waals surface area (Å²) < 4.78 is 1.29. The number of nitrogens with one attached hydrogen (secondary N) is 1. The molecule has 0 atom stereocenters. The van der Waals surface area contributed by atoms with E-state index in [2.05, 4.69) is 23.2 Å². The molecule has 0 unspecified atom stereocenters. The number of hydrogen-bond acceptors (Lipinski definition) is 5. The Kier molecular flexibility index (Phi) is 4.10. The van der Waals surface area contributed by atoms with E-state index >= 15 is 0 Å². The van der Waals surface area contributed by atoms with Crippen LogP contribution in [0.2, 0.25) is 0 Å². The quantitative estimate of drug-likeness (QED) is 0.428. The lowest BCUT2D eigenvalue weighted by Gasteiger charge is -2.16. The number of aryl methyl sites for hydroxylation is 2. The van der Waals surface area contributed by atoms with Crippen LogP contribution in [0.1, 0.15) is 24.0 Å². The van der Waals surface area contributed by atoms with E-state index < -0.39 is 5.91 Å². The van der Waals surface area contributed by atoms with Gasteiger partial charge in [0.15, 0.2) is 0 Å². The standard InChI is InChI=1S/C18H18N4O2S/c19-21-15(23)8-22-10-20-17-16(18(22)24)14(9-25-17)13-6-5-11-3-1-2-4-12(11)7-13/h5-7,9-10H,1-4,8,19H2,(H,21,23). The minimum Gasteiger partial charge on any atom is -0.293 e. The summed E-state index contributed by atoms with van der Waals surface area (Å²) in [5.41, 5.74) is 6.51. The van der Waals surface area contributed by atoms with Crippen LogP contribution < -0.4 is 16.8 Å². The summed E-state index contributed by atoms with van der Waals surface area (Å²) in [4.78, 5) is 29.3. The largest absolute Gasteiger partial charge is 0.293 e. The van der Waals surface area contributed by atoms with Gasteiger partial charge >= 0.3 is 0 Å². The zero-order chi connectivity index (χ0) is 17.4. The van der Waals surface area contributed by atoms with Crippen molar-refractivity contribution < 1.29 is 4.79 Å². The first-order chi connectivity index (χ1) is 12.2. The number of aromatic nitrogens is 2. The molecule has 2 heterocycles. The second kappa shape index (κ2) is 6.42. The molecule has 0 aliphatic heterocycles. The second-order valence-electron chi connectivity index (χ2n) is 6.27. The molecule has 0 spiro atoms. The lowest BCUT2D eigenvalue weighted by molar-refractivity contribution is -0.121. The Morgan fingerprint density at radius 1 is 1.28 bits per heavy atom. The number of fused-ring (bicyclic) bond motifs is 2. The summed E-state index contributed by atoms with van der Waals surface area (Å²) in [6.45, 7) is -0.141. The molecule has 0 fully saturated rings. The third kappa shape index (κ3) is 2.85. The first-order valence-corrected chi connectivity index (χ1v) is 9.13. The number of hydrazine groups is 1. The SMILES string of the molecule is NNC(=O)Cn1cnc2scc(-c3ccc4c(c3)CCCC4)c2c1=O. The van der Waals surface area contributed by atoms with Gasteiger partial charge in [0.2, 0.25) is 0 Å². The predicted octanol–water partition coefficient (Wildman–Crippen LogP) is 1.99. The van der Waals surface area contributed by atoms with Gasteiger partial charge in [-0.2, -0.15) is 0 Å². The number of carbonyl (C=O) groups excluding carboxylic acids is 1. The number of thiophene rings is 1. The van der Waals surface area contributed by atoms with Crippen molar-refractivity contribution in [1.29, 1.82) is 0 Å². The molecular weight excluding hydrogens is 336 g/mol. The number of hydrogen-bond donors (Lipinski definition) is 2. The molecular formula is C18H18N4O2S. The molecule has 0 saturated heterocycles. The van der Waals surface area contributed by atoms with Crippen molar-refractivity contribution in [2.45, 2.75) is 32.2 Å². The fourth-order valence-corrected chi connectivity index (χ4v) is 4.30. The number of amides is 1. The molecule has 3 aromatic rings. The summed E-state index contributed by atoms with van der Waals surface area (Å²) in [5, 5.41) is 2.53. The summed E-state index contributed by atoms with van der Waals surface area (Å²) in [6, 6.07) is 6.44. The maximum atomic E-state index is 12.8. The zero-order valence-electron chi connectivity index (χ0n) is 13.6. The van der Waals surface area contributed by atoms with E-state index in [9.17, 15) is 9.59 Å². The minimum atomic E-state index is -0.436. The fraction of sp³-hybridized carbons (Fsp3) is 0.278. The molecule has 3 N–H and O–H groups in total. The van der Waals surface area contributed by atoms with Crippen LogP contribution in [-0.4, -0.2) is 15.5 Å². The molecule has 4 rings (SSSR count). The van der Waals surface area contributed by atoms with Gasteiger partial charge in [-0.1, -0.05) is 18.2 Å². The highest BCUT2D eigenvalue weighted by molar-refractivity contribution is 7.17. The minimum absolute atomic E-state index is 0.141. The Balaban J connectivity index is 1.84. The number of nitrogens with zero attached hydrogens (tertiary/aromatic N) is 2. The van der Waals surface area contributed by atoms with Gasteiger partial charge in [-0.05, 0) is 42.4 Å². The van der Waals surface area contributed by atoms with E-state index in [4.69, 9.17) is 5.84 Å². The molecule has 128 valence electrons. The highest BCUT2D eigenvalue weighted by Crippen LogP contribution is 2.33. The topological polar surface area (TPSA) is 90.0 Å². The van der Waals surface area contributed by atoms with Gasteiger partial charge in [-0.25, -0.2) is 10.8 Å². The van der Waals surface area contributed by atoms with Crippen LogP contribution in [0.5, 0.6) is 0 Å². The van der Waals surface area contributed by atoms with Gasteiger partial charge in [0, 0.05) is 10.9 Å². The van der Waals surface area contributed by atoms with Gasteiger partial charge in [0.25, 0.3) is 11.5 Å². The summed E-state index contributed by atoms with van der Waals surface area (Å²) >= 11 is 1.44. The Hall–Kier alpha value is -2.51. The highest BCUT2D eigenvalue weighted by Gasteiger charge is 2.16. The van der Waals surface area contributed by atoms with Crippen molar-refractivity contribution in [2.75, 3.05) is 0 Å². The zero-order valence-corrected chi connectivity index (χ0v) is 14.4. The van der Waals surface area contributed by atoms with Gasteiger partial charge in [-0.15, -0.1) is 11.3 Å². The van der Waals surface area contributed by atoms with Crippen molar-refractivity contribution in [1.82, 2.24) is 15.0 Å². The van der Waals surface area contributed by atoms with E-state index in [1.807, 2.05) is 10.8 Å². The van der Waals surface area contributed by atoms with E-state index in [0.717, 1.165) is 24.0 Å². The number of rotatable bonds is 3. The van der Waals surface area contributed by atoms with Crippen molar-refractivity contribution in [2.24, 2.45) is 5.84 Å². The molecule has 1 aromatic carbocycles. The van der Waals surface area contributed by atoms with E-state index in [1.54, 1.807) is 0 Å². The molecule has 2 aromatic heterocycles. The average molecular weight is 354 g/mol. The predicted molar refractivity (Wildman–Crippen MR) is 98.3 cm³/mol. The van der Waals surface area contributed by atoms with Gasteiger partial charge < -0.3 is 0 Å². The lowest BCUT2D eigenvalue weighted by atomic mass is 9.89. The van der Waals surface area contributed by atoms with Crippen LogP contribution in [0.4, 0.5) is 0 Å². The maximum absolute atomic E-state index is 12.8.